The first-order valence-corrected chi connectivity index (χ1v) is 8.31. The van der Waals surface area contributed by atoms with E-state index in [0.29, 0.717) is 23.3 Å². The number of methoxy groups -OCH3 is 1. The van der Waals surface area contributed by atoms with E-state index in [-0.39, 0.29) is 11.6 Å². The lowest BCUT2D eigenvalue weighted by Gasteiger charge is -2.27. The number of ketones is 2. The summed E-state index contributed by atoms with van der Waals surface area (Å²) in [6.07, 6.45) is 2.31. The Balaban J connectivity index is 2.38. The quantitative estimate of drug-likeness (QED) is 0.509. The number of unbranched alkanes of at least 4 members (excludes halogenated alkanes) is 1. The van der Waals surface area contributed by atoms with E-state index in [1.165, 1.54) is 0 Å². The summed E-state index contributed by atoms with van der Waals surface area (Å²) >= 11 is 0. The molecule has 0 aliphatic carbocycles. The van der Waals surface area contributed by atoms with E-state index >= 15 is 0 Å². The minimum absolute atomic E-state index is 0.114. The van der Waals surface area contributed by atoms with Gasteiger partial charge in [-0.2, -0.15) is 0 Å². The van der Waals surface area contributed by atoms with Crippen molar-refractivity contribution < 1.29 is 14.3 Å². The van der Waals surface area contributed by atoms with Crippen molar-refractivity contribution in [3.8, 4) is 5.75 Å². The molecule has 0 saturated heterocycles. The fourth-order valence-electron chi connectivity index (χ4n) is 2.83. The molecule has 1 atom stereocenters. The van der Waals surface area contributed by atoms with Crippen molar-refractivity contribution >= 4 is 11.6 Å². The Bertz CT molecular complexity index is 689. The van der Waals surface area contributed by atoms with Gasteiger partial charge in [-0.3, -0.25) is 9.59 Å². The Hall–Kier alpha value is -2.42. The van der Waals surface area contributed by atoms with Gasteiger partial charge in [0, 0.05) is 11.1 Å². The van der Waals surface area contributed by atoms with Crippen LogP contribution in [0, 0.1) is 5.41 Å². The van der Waals surface area contributed by atoms with E-state index < -0.39 is 5.41 Å². The van der Waals surface area contributed by atoms with Gasteiger partial charge in [0.1, 0.15) is 5.75 Å². The second-order valence-electron chi connectivity index (χ2n) is 6.19. The average Bonchev–Trinajstić information content (AvgIpc) is 2.65. The van der Waals surface area contributed by atoms with Gasteiger partial charge in [-0.1, -0.05) is 50.1 Å². The Labute approximate surface area is 143 Å². The molecule has 0 amide bonds. The molecule has 0 aromatic heterocycles. The van der Waals surface area contributed by atoms with Crippen LogP contribution < -0.4 is 4.74 Å². The highest BCUT2D eigenvalue weighted by molar-refractivity contribution is 6.19. The molecule has 0 saturated carbocycles. The molecule has 2 aromatic carbocycles. The highest BCUT2D eigenvalue weighted by atomic mass is 16.5. The smallest absolute Gasteiger partial charge is 0.176 e. The Morgan fingerprint density at radius 3 is 1.96 bits per heavy atom. The lowest BCUT2D eigenvalue weighted by molar-refractivity contribution is 0.0670. The van der Waals surface area contributed by atoms with Gasteiger partial charge in [-0.25, -0.2) is 0 Å². The molecule has 0 aliphatic heterocycles. The summed E-state index contributed by atoms with van der Waals surface area (Å²) in [7, 11) is 1.58. The van der Waals surface area contributed by atoms with Gasteiger partial charge in [0.25, 0.3) is 0 Å². The third-order valence-corrected chi connectivity index (χ3v) is 4.42. The lowest BCUT2D eigenvalue weighted by atomic mass is 9.72. The number of rotatable bonds is 8. The van der Waals surface area contributed by atoms with Crippen molar-refractivity contribution in [1.29, 1.82) is 0 Å². The number of benzene rings is 2. The number of carbonyl (C=O) groups excluding carboxylic acids is 2. The van der Waals surface area contributed by atoms with Crippen molar-refractivity contribution in [3.63, 3.8) is 0 Å². The normalized spacial score (nSPS) is 13.1. The lowest BCUT2D eigenvalue weighted by Crippen LogP contribution is -2.36. The second kappa shape index (κ2) is 7.91. The number of Topliss-reactive ketones (excluding diaryl/α,β-unsaturated/α-hetero) is 2. The SMILES string of the molecule is CCCCC(C)(C(=O)c1ccccc1)C(=O)c1ccc(OC)cc1. The summed E-state index contributed by atoms with van der Waals surface area (Å²) in [5, 5.41) is 0. The molecule has 3 heteroatoms. The minimum Gasteiger partial charge on any atom is -0.497 e. The highest BCUT2D eigenvalue weighted by Gasteiger charge is 2.40. The number of carbonyl (C=O) groups is 2. The van der Waals surface area contributed by atoms with E-state index in [9.17, 15) is 9.59 Å². The molecule has 0 heterocycles. The van der Waals surface area contributed by atoms with Gasteiger partial charge in [-0.05, 0) is 37.6 Å². The van der Waals surface area contributed by atoms with Crippen molar-refractivity contribution in [2.45, 2.75) is 33.1 Å². The van der Waals surface area contributed by atoms with Crippen LogP contribution in [0.25, 0.3) is 0 Å². The molecular weight excluding hydrogens is 300 g/mol. The van der Waals surface area contributed by atoms with Crippen LogP contribution in [0.5, 0.6) is 5.75 Å². The van der Waals surface area contributed by atoms with Gasteiger partial charge in [0.05, 0.1) is 12.5 Å². The van der Waals surface area contributed by atoms with Gasteiger partial charge in [0.15, 0.2) is 11.6 Å². The third kappa shape index (κ3) is 3.73. The zero-order valence-corrected chi connectivity index (χ0v) is 14.5. The number of hydrogen-bond acceptors (Lipinski definition) is 3. The molecular formula is C21H24O3. The molecule has 126 valence electrons. The van der Waals surface area contributed by atoms with Crippen LogP contribution in [0.3, 0.4) is 0 Å². The Kier molecular flexibility index (Phi) is 5.91. The molecule has 0 spiro atoms. The largest absolute Gasteiger partial charge is 0.497 e. The van der Waals surface area contributed by atoms with Crippen molar-refractivity contribution in [1.82, 2.24) is 0 Å². The molecule has 24 heavy (non-hydrogen) atoms. The van der Waals surface area contributed by atoms with Gasteiger partial charge in [0.2, 0.25) is 0 Å². The zero-order valence-electron chi connectivity index (χ0n) is 14.5. The Morgan fingerprint density at radius 1 is 0.917 bits per heavy atom. The maximum Gasteiger partial charge on any atom is 0.176 e. The van der Waals surface area contributed by atoms with Gasteiger partial charge >= 0.3 is 0 Å². The highest BCUT2D eigenvalue weighted by Crippen LogP contribution is 2.33. The van der Waals surface area contributed by atoms with E-state index in [4.69, 9.17) is 4.74 Å². The standard InChI is InChI=1S/C21H24O3/c1-4-5-15-21(2,19(22)16-9-7-6-8-10-16)20(23)17-11-13-18(24-3)14-12-17/h6-14H,4-5,15H2,1-3H3. The molecule has 0 N–H and O–H groups in total. The first kappa shape index (κ1) is 17.9. The van der Waals surface area contributed by atoms with Crippen molar-refractivity contribution in [2.24, 2.45) is 5.41 Å². The van der Waals surface area contributed by atoms with E-state index in [1.807, 2.05) is 18.2 Å². The van der Waals surface area contributed by atoms with Crippen LogP contribution in [0.2, 0.25) is 0 Å². The van der Waals surface area contributed by atoms with Crippen LogP contribution >= 0.6 is 0 Å². The van der Waals surface area contributed by atoms with Crippen LogP contribution in [-0.2, 0) is 0 Å². The molecule has 1 unspecified atom stereocenters. The average molecular weight is 324 g/mol. The molecule has 2 rings (SSSR count). The summed E-state index contributed by atoms with van der Waals surface area (Å²) in [5.74, 6) is 0.445. The first-order valence-electron chi connectivity index (χ1n) is 8.31. The van der Waals surface area contributed by atoms with E-state index in [2.05, 4.69) is 6.92 Å². The zero-order chi connectivity index (χ0) is 17.6. The van der Waals surface area contributed by atoms with Crippen LogP contribution in [0.15, 0.2) is 54.6 Å². The van der Waals surface area contributed by atoms with Crippen LogP contribution in [0.4, 0.5) is 0 Å². The van der Waals surface area contributed by atoms with Crippen LogP contribution in [0.1, 0.15) is 53.8 Å². The monoisotopic (exact) mass is 324 g/mol. The minimum atomic E-state index is -1.05. The molecule has 0 bridgehead atoms. The van der Waals surface area contributed by atoms with Crippen molar-refractivity contribution in [3.05, 3.63) is 65.7 Å². The predicted octanol–water partition coefficient (Wildman–Crippen LogP) is 4.96. The second-order valence-corrected chi connectivity index (χ2v) is 6.19. The Morgan fingerprint density at radius 2 is 1.46 bits per heavy atom. The summed E-state index contributed by atoms with van der Waals surface area (Å²) in [5.41, 5.74) is 0.0722. The topological polar surface area (TPSA) is 43.4 Å². The number of hydrogen-bond donors (Lipinski definition) is 0. The van der Waals surface area contributed by atoms with Gasteiger partial charge in [-0.15, -0.1) is 0 Å². The first-order chi connectivity index (χ1) is 11.5. The molecule has 0 radical (unpaired) electrons. The maximum absolute atomic E-state index is 13.1. The summed E-state index contributed by atoms with van der Waals surface area (Å²) < 4.78 is 5.14. The fourth-order valence-corrected chi connectivity index (χ4v) is 2.83. The predicted molar refractivity (Wildman–Crippen MR) is 95.7 cm³/mol. The molecule has 2 aromatic rings. The maximum atomic E-state index is 13.1. The summed E-state index contributed by atoms with van der Waals surface area (Å²) in [6.45, 7) is 3.83. The van der Waals surface area contributed by atoms with E-state index in [0.717, 1.165) is 12.8 Å². The summed E-state index contributed by atoms with van der Waals surface area (Å²) in [6, 6.07) is 16.0. The van der Waals surface area contributed by atoms with Crippen LogP contribution in [-0.4, -0.2) is 18.7 Å². The van der Waals surface area contributed by atoms with E-state index in [1.54, 1.807) is 50.4 Å². The molecule has 0 fully saturated rings. The fraction of sp³-hybridized carbons (Fsp3) is 0.333. The van der Waals surface area contributed by atoms with Gasteiger partial charge < -0.3 is 4.74 Å². The number of ether oxygens (including phenoxy) is 1. The molecule has 0 aliphatic rings. The summed E-state index contributed by atoms with van der Waals surface area (Å²) in [4.78, 5) is 26.2. The third-order valence-electron chi connectivity index (χ3n) is 4.42. The van der Waals surface area contributed by atoms with Crippen molar-refractivity contribution in [2.75, 3.05) is 7.11 Å². The molecule has 3 nitrogen and oxygen atoms in total.